The van der Waals surface area contributed by atoms with Crippen molar-refractivity contribution in [1.82, 2.24) is 4.90 Å². The van der Waals surface area contributed by atoms with Crippen LogP contribution in [0.3, 0.4) is 0 Å². The van der Waals surface area contributed by atoms with E-state index in [0.717, 1.165) is 49.7 Å². The van der Waals surface area contributed by atoms with Crippen molar-refractivity contribution in [3.05, 3.63) is 53.1 Å². The van der Waals surface area contributed by atoms with Crippen LogP contribution < -0.4 is 15.2 Å². The van der Waals surface area contributed by atoms with Gasteiger partial charge in [0.2, 0.25) is 0 Å². The molecule has 4 nitrogen and oxygen atoms in total. The van der Waals surface area contributed by atoms with Crippen molar-refractivity contribution in [2.45, 2.75) is 19.4 Å². The minimum absolute atomic E-state index is 0.816. The molecule has 122 valence electrons. The van der Waals surface area contributed by atoms with Crippen LogP contribution in [0, 0.1) is 0 Å². The van der Waals surface area contributed by atoms with Gasteiger partial charge in [0.05, 0.1) is 14.2 Å². The third kappa shape index (κ3) is 3.59. The van der Waals surface area contributed by atoms with Crippen LogP contribution in [0.15, 0.2) is 36.4 Å². The Labute approximate surface area is 137 Å². The highest BCUT2D eigenvalue weighted by molar-refractivity contribution is 5.48. The Bertz CT molecular complexity index is 633. The highest BCUT2D eigenvalue weighted by atomic mass is 16.5. The molecule has 1 aliphatic heterocycles. The highest BCUT2D eigenvalue weighted by Crippen LogP contribution is 2.32. The quantitative estimate of drug-likeness (QED) is 0.882. The first kappa shape index (κ1) is 15.7. The third-order valence-electron chi connectivity index (χ3n) is 4.49. The molecule has 0 saturated heterocycles. The summed E-state index contributed by atoms with van der Waals surface area (Å²) >= 11 is 0. The summed E-state index contributed by atoms with van der Waals surface area (Å²) in [5.74, 6) is 1.64. The van der Waals surface area contributed by atoms with Gasteiger partial charge in [0.1, 0.15) is 0 Å². The van der Waals surface area contributed by atoms with Crippen molar-refractivity contribution in [3.63, 3.8) is 0 Å². The predicted octanol–water partition coefficient (Wildman–Crippen LogP) is 2.89. The molecule has 1 aliphatic rings. The monoisotopic (exact) mass is 312 g/mol. The van der Waals surface area contributed by atoms with Gasteiger partial charge in [-0.15, -0.1) is 0 Å². The zero-order chi connectivity index (χ0) is 16.2. The van der Waals surface area contributed by atoms with Crippen molar-refractivity contribution in [2.24, 2.45) is 0 Å². The van der Waals surface area contributed by atoms with Crippen LogP contribution in [0.25, 0.3) is 0 Å². The zero-order valence-electron chi connectivity index (χ0n) is 13.8. The molecule has 0 aliphatic carbocycles. The molecule has 1 heterocycles. The molecule has 0 amide bonds. The van der Waals surface area contributed by atoms with Gasteiger partial charge in [-0.05, 0) is 53.8 Å². The second kappa shape index (κ2) is 6.92. The minimum atomic E-state index is 0.816. The summed E-state index contributed by atoms with van der Waals surface area (Å²) in [7, 11) is 3.38. The number of methoxy groups -OCH3 is 2. The molecule has 3 rings (SSSR count). The Kier molecular flexibility index (Phi) is 4.72. The number of anilines is 1. The lowest BCUT2D eigenvalue weighted by molar-refractivity contribution is 0.279. The van der Waals surface area contributed by atoms with E-state index in [0.29, 0.717) is 0 Å². The predicted molar refractivity (Wildman–Crippen MR) is 93.1 cm³/mol. The van der Waals surface area contributed by atoms with E-state index >= 15 is 0 Å². The summed E-state index contributed by atoms with van der Waals surface area (Å²) < 4.78 is 10.9. The SMILES string of the molecule is COc1cc2c(cc1OC)CCN(Cc1ccc(N)cc1)CC2. The number of ether oxygens (including phenoxy) is 2. The van der Waals surface area contributed by atoms with Crippen LogP contribution in [0.1, 0.15) is 16.7 Å². The number of benzene rings is 2. The molecule has 0 unspecified atom stereocenters. The maximum absolute atomic E-state index is 5.76. The lowest BCUT2D eigenvalue weighted by Gasteiger charge is -2.19. The van der Waals surface area contributed by atoms with Crippen molar-refractivity contribution < 1.29 is 9.47 Å². The van der Waals surface area contributed by atoms with E-state index in [9.17, 15) is 0 Å². The molecule has 2 aromatic rings. The van der Waals surface area contributed by atoms with E-state index < -0.39 is 0 Å². The van der Waals surface area contributed by atoms with Crippen molar-refractivity contribution in [2.75, 3.05) is 33.0 Å². The number of rotatable bonds is 4. The number of fused-ring (bicyclic) bond motifs is 1. The summed E-state index contributed by atoms with van der Waals surface area (Å²) in [5, 5.41) is 0. The first-order valence-corrected chi connectivity index (χ1v) is 8.00. The van der Waals surface area contributed by atoms with Crippen molar-refractivity contribution >= 4 is 5.69 Å². The summed E-state index contributed by atoms with van der Waals surface area (Å²) in [6, 6.07) is 12.4. The Balaban J connectivity index is 1.73. The average molecular weight is 312 g/mol. The average Bonchev–Trinajstić information content (AvgIpc) is 2.77. The molecule has 0 fully saturated rings. The zero-order valence-corrected chi connectivity index (χ0v) is 13.8. The third-order valence-corrected chi connectivity index (χ3v) is 4.49. The molecule has 0 spiro atoms. The molecular weight excluding hydrogens is 288 g/mol. The number of hydrogen-bond acceptors (Lipinski definition) is 4. The number of nitrogens with two attached hydrogens (primary N) is 1. The molecule has 0 saturated carbocycles. The van der Waals surface area contributed by atoms with E-state index in [2.05, 4.69) is 29.2 Å². The molecule has 2 aromatic carbocycles. The fraction of sp³-hybridized carbons (Fsp3) is 0.368. The summed E-state index contributed by atoms with van der Waals surface area (Å²) in [4.78, 5) is 2.49. The van der Waals surface area contributed by atoms with Gasteiger partial charge in [0.15, 0.2) is 11.5 Å². The van der Waals surface area contributed by atoms with Gasteiger partial charge in [-0.3, -0.25) is 4.90 Å². The van der Waals surface area contributed by atoms with Crippen LogP contribution in [0.4, 0.5) is 5.69 Å². The second-order valence-corrected chi connectivity index (χ2v) is 5.99. The van der Waals surface area contributed by atoms with Gasteiger partial charge in [0.25, 0.3) is 0 Å². The second-order valence-electron chi connectivity index (χ2n) is 5.99. The lowest BCUT2D eigenvalue weighted by Crippen LogP contribution is -2.25. The van der Waals surface area contributed by atoms with E-state index in [-0.39, 0.29) is 0 Å². The number of hydrogen-bond donors (Lipinski definition) is 1. The van der Waals surface area contributed by atoms with Gasteiger partial charge in [-0.25, -0.2) is 0 Å². The van der Waals surface area contributed by atoms with Gasteiger partial charge in [0, 0.05) is 25.3 Å². The van der Waals surface area contributed by atoms with Gasteiger partial charge >= 0.3 is 0 Å². The first-order chi connectivity index (χ1) is 11.2. The lowest BCUT2D eigenvalue weighted by atomic mass is 10.0. The minimum Gasteiger partial charge on any atom is -0.493 e. The topological polar surface area (TPSA) is 47.7 Å². The van der Waals surface area contributed by atoms with Crippen LogP contribution in [-0.4, -0.2) is 32.2 Å². The Morgan fingerprint density at radius 1 is 0.913 bits per heavy atom. The normalized spacial score (nSPS) is 14.9. The van der Waals surface area contributed by atoms with E-state index in [1.165, 1.54) is 16.7 Å². The molecule has 0 bridgehead atoms. The van der Waals surface area contributed by atoms with E-state index in [1.54, 1.807) is 14.2 Å². The van der Waals surface area contributed by atoms with Gasteiger partial charge in [-0.2, -0.15) is 0 Å². The smallest absolute Gasteiger partial charge is 0.161 e. The summed E-state index contributed by atoms with van der Waals surface area (Å²) in [6.07, 6.45) is 2.06. The highest BCUT2D eigenvalue weighted by Gasteiger charge is 2.17. The molecule has 0 radical (unpaired) electrons. The fourth-order valence-electron chi connectivity index (χ4n) is 3.14. The maximum Gasteiger partial charge on any atom is 0.161 e. The van der Waals surface area contributed by atoms with E-state index in [4.69, 9.17) is 15.2 Å². The van der Waals surface area contributed by atoms with Crippen LogP contribution >= 0.6 is 0 Å². The van der Waals surface area contributed by atoms with Crippen molar-refractivity contribution in [1.29, 1.82) is 0 Å². The molecule has 0 aromatic heterocycles. The van der Waals surface area contributed by atoms with Crippen LogP contribution in [0.2, 0.25) is 0 Å². The summed E-state index contributed by atoms with van der Waals surface area (Å²) in [6.45, 7) is 3.06. The number of nitrogens with zero attached hydrogens (tertiary/aromatic N) is 1. The largest absolute Gasteiger partial charge is 0.493 e. The number of nitrogen functional groups attached to an aromatic ring is 1. The van der Waals surface area contributed by atoms with Crippen molar-refractivity contribution in [3.8, 4) is 11.5 Å². The first-order valence-electron chi connectivity index (χ1n) is 8.00. The summed E-state index contributed by atoms with van der Waals surface area (Å²) in [5.41, 5.74) is 10.6. The molecule has 0 atom stereocenters. The van der Waals surface area contributed by atoms with Gasteiger partial charge in [-0.1, -0.05) is 12.1 Å². The Morgan fingerprint density at radius 2 is 1.43 bits per heavy atom. The fourth-order valence-corrected chi connectivity index (χ4v) is 3.14. The molecule has 4 heteroatoms. The Hall–Kier alpha value is -2.20. The van der Waals surface area contributed by atoms with Crippen LogP contribution in [0.5, 0.6) is 11.5 Å². The standard InChI is InChI=1S/C19H24N2O2/c1-22-18-11-15-7-9-21(10-8-16(15)12-19(18)23-2)13-14-3-5-17(20)6-4-14/h3-6,11-12H,7-10,13,20H2,1-2H3. The van der Waals surface area contributed by atoms with Gasteiger partial charge < -0.3 is 15.2 Å². The molecular formula is C19H24N2O2. The van der Waals surface area contributed by atoms with Crippen LogP contribution in [-0.2, 0) is 19.4 Å². The Morgan fingerprint density at radius 3 is 1.91 bits per heavy atom. The molecule has 23 heavy (non-hydrogen) atoms. The maximum atomic E-state index is 5.76. The van der Waals surface area contributed by atoms with E-state index in [1.807, 2.05) is 12.1 Å². The molecule has 2 N–H and O–H groups in total.